The van der Waals surface area contributed by atoms with Crippen molar-refractivity contribution in [3.8, 4) is 0 Å². The lowest BCUT2D eigenvalue weighted by molar-refractivity contribution is -0.384. The molecule has 0 spiro atoms. The highest BCUT2D eigenvalue weighted by Gasteiger charge is 2.27. The molecule has 1 amide bonds. The minimum absolute atomic E-state index is 0.0438. The minimum atomic E-state index is -0.711. The Kier molecular flexibility index (Phi) is 5.73. The molecule has 9 nitrogen and oxygen atoms in total. The molecule has 158 valence electrons. The maximum absolute atomic E-state index is 13.1. The van der Waals surface area contributed by atoms with E-state index in [1.807, 2.05) is 13.8 Å². The number of amides is 1. The fourth-order valence-electron chi connectivity index (χ4n) is 3.02. The zero-order valence-corrected chi connectivity index (χ0v) is 17.7. The van der Waals surface area contributed by atoms with Crippen LogP contribution in [0.25, 0.3) is 5.65 Å². The number of hydrogen-bond donors (Lipinski definition) is 0. The Hall–Kier alpha value is -3.49. The van der Waals surface area contributed by atoms with Crippen molar-refractivity contribution in [3.05, 3.63) is 64.0 Å². The quantitative estimate of drug-likeness (QED) is 0.445. The molecule has 0 unspecified atom stereocenters. The van der Waals surface area contributed by atoms with Crippen LogP contribution in [0.3, 0.4) is 0 Å². The number of non-ortho nitro benzene ring substituents is 1. The summed E-state index contributed by atoms with van der Waals surface area (Å²) in [6.45, 7) is 9.50. The molecule has 9 heteroatoms. The van der Waals surface area contributed by atoms with E-state index in [0.29, 0.717) is 17.0 Å². The van der Waals surface area contributed by atoms with Crippen molar-refractivity contribution in [2.24, 2.45) is 0 Å². The van der Waals surface area contributed by atoms with Gasteiger partial charge in [-0.2, -0.15) is 9.61 Å². The summed E-state index contributed by atoms with van der Waals surface area (Å²) in [4.78, 5) is 29.6. The first-order chi connectivity index (χ1) is 14.1. The lowest BCUT2D eigenvalue weighted by Gasteiger charge is -2.27. The molecule has 0 aliphatic heterocycles. The maximum atomic E-state index is 13.1. The van der Waals surface area contributed by atoms with Crippen molar-refractivity contribution in [2.75, 3.05) is 4.90 Å². The van der Waals surface area contributed by atoms with E-state index in [1.54, 1.807) is 55.9 Å². The number of carbonyl (C=O) groups excluding carboxylic acids is 1. The number of carbonyl (C=O) groups is 1. The zero-order chi connectivity index (χ0) is 22.1. The summed E-state index contributed by atoms with van der Waals surface area (Å²) in [6.07, 6.45) is 2.77. The smallest absolute Gasteiger partial charge is 0.416 e. The molecule has 2 heterocycles. The van der Waals surface area contributed by atoms with Gasteiger partial charge in [0.25, 0.3) is 5.69 Å². The Morgan fingerprint density at radius 3 is 2.67 bits per heavy atom. The molecule has 0 N–H and O–H groups in total. The summed E-state index contributed by atoms with van der Waals surface area (Å²) in [5, 5.41) is 15.6. The molecule has 0 saturated heterocycles. The Morgan fingerprint density at radius 1 is 1.30 bits per heavy atom. The van der Waals surface area contributed by atoms with Crippen LogP contribution in [0.5, 0.6) is 0 Å². The standard InChI is InChI=1S/C21H25N5O4/c1-14(2)17-12-23-25-18(9-10-22-19(17)25)24(20(27)30-21(3,4)5)13-15-7-6-8-16(11-15)26(28)29/h6-12,14H,13H2,1-5H3. The van der Waals surface area contributed by atoms with Gasteiger partial charge in [-0.3, -0.25) is 15.0 Å². The Morgan fingerprint density at radius 2 is 2.03 bits per heavy atom. The average Bonchev–Trinajstić information content (AvgIpc) is 3.09. The number of ether oxygens (including phenoxy) is 1. The van der Waals surface area contributed by atoms with E-state index in [4.69, 9.17) is 4.74 Å². The van der Waals surface area contributed by atoms with Crippen LogP contribution in [-0.2, 0) is 11.3 Å². The van der Waals surface area contributed by atoms with Crippen molar-refractivity contribution in [1.29, 1.82) is 0 Å². The number of aromatic nitrogens is 3. The first-order valence-corrected chi connectivity index (χ1v) is 9.63. The van der Waals surface area contributed by atoms with Crippen LogP contribution in [0.15, 0.2) is 42.7 Å². The van der Waals surface area contributed by atoms with Crippen LogP contribution in [0.1, 0.15) is 51.7 Å². The molecule has 30 heavy (non-hydrogen) atoms. The first-order valence-electron chi connectivity index (χ1n) is 9.63. The molecule has 2 aromatic heterocycles. The Bertz CT molecular complexity index is 1080. The van der Waals surface area contributed by atoms with E-state index in [-0.39, 0.29) is 18.2 Å². The summed E-state index contributed by atoms with van der Waals surface area (Å²) in [5.41, 5.74) is 1.44. The second-order valence-corrected chi connectivity index (χ2v) is 8.29. The summed E-state index contributed by atoms with van der Waals surface area (Å²) in [6, 6.07) is 7.84. The van der Waals surface area contributed by atoms with Gasteiger partial charge in [0.05, 0.1) is 17.7 Å². The third-order valence-electron chi connectivity index (χ3n) is 4.38. The molecule has 0 aliphatic carbocycles. The second kappa shape index (κ2) is 8.10. The molecular formula is C21H25N5O4. The van der Waals surface area contributed by atoms with Gasteiger partial charge < -0.3 is 4.74 Å². The van der Waals surface area contributed by atoms with E-state index in [0.717, 1.165) is 5.56 Å². The van der Waals surface area contributed by atoms with E-state index in [2.05, 4.69) is 10.1 Å². The van der Waals surface area contributed by atoms with Crippen molar-refractivity contribution < 1.29 is 14.5 Å². The normalized spacial score (nSPS) is 11.7. The summed E-state index contributed by atoms with van der Waals surface area (Å²) >= 11 is 0. The van der Waals surface area contributed by atoms with Gasteiger partial charge in [-0.25, -0.2) is 9.78 Å². The summed E-state index contributed by atoms with van der Waals surface area (Å²) in [7, 11) is 0. The van der Waals surface area contributed by atoms with Crippen molar-refractivity contribution in [3.63, 3.8) is 0 Å². The van der Waals surface area contributed by atoms with Crippen LogP contribution < -0.4 is 4.90 Å². The number of nitro groups is 1. The minimum Gasteiger partial charge on any atom is -0.443 e. The molecular weight excluding hydrogens is 386 g/mol. The molecule has 0 radical (unpaired) electrons. The number of nitrogens with zero attached hydrogens (tertiary/aromatic N) is 5. The zero-order valence-electron chi connectivity index (χ0n) is 17.7. The monoisotopic (exact) mass is 411 g/mol. The lowest BCUT2D eigenvalue weighted by atomic mass is 10.1. The predicted molar refractivity (Wildman–Crippen MR) is 113 cm³/mol. The summed E-state index contributed by atoms with van der Waals surface area (Å²) < 4.78 is 7.19. The van der Waals surface area contributed by atoms with Gasteiger partial charge in [0.1, 0.15) is 11.4 Å². The topological polar surface area (TPSA) is 103 Å². The van der Waals surface area contributed by atoms with Gasteiger partial charge in [0.2, 0.25) is 0 Å². The van der Waals surface area contributed by atoms with Gasteiger partial charge in [-0.1, -0.05) is 26.0 Å². The first kappa shape index (κ1) is 21.2. The Labute approximate surface area is 174 Å². The average molecular weight is 411 g/mol. The van der Waals surface area contributed by atoms with Gasteiger partial charge >= 0.3 is 6.09 Å². The number of hydrogen-bond acceptors (Lipinski definition) is 6. The number of anilines is 1. The van der Waals surface area contributed by atoms with E-state index >= 15 is 0 Å². The molecule has 1 aromatic carbocycles. The van der Waals surface area contributed by atoms with Gasteiger partial charge in [-0.05, 0) is 38.3 Å². The van der Waals surface area contributed by atoms with Crippen LogP contribution in [0.2, 0.25) is 0 Å². The van der Waals surface area contributed by atoms with Crippen LogP contribution >= 0.6 is 0 Å². The fraction of sp³-hybridized carbons (Fsp3) is 0.381. The molecule has 3 aromatic rings. The van der Waals surface area contributed by atoms with Crippen LogP contribution in [0.4, 0.5) is 16.3 Å². The molecule has 0 fully saturated rings. The van der Waals surface area contributed by atoms with Crippen molar-refractivity contribution >= 4 is 23.2 Å². The fourth-order valence-corrected chi connectivity index (χ4v) is 3.02. The molecule has 0 saturated carbocycles. The summed E-state index contributed by atoms with van der Waals surface area (Å²) in [5.74, 6) is 0.671. The number of benzene rings is 1. The molecule has 3 rings (SSSR count). The van der Waals surface area contributed by atoms with Gasteiger partial charge in [0, 0.05) is 23.9 Å². The molecule has 0 bridgehead atoms. The van der Waals surface area contributed by atoms with E-state index in [9.17, 15) is 14.9 Å². The molecule has 0 atom stereocenters. The largest absolute Gasteiger partial charge is 0.443 e. The van der Waals surface area contributed by atoms with Gasteiger partial charge in [0.15, 0.2) is 5.65 Å². The Balaban J connectivity index is 2.09. The third kappa shape index (κ3) is 4.56. The SMILES string of the molecule is CC(C)c1cnn2c(N(Cc3cccc([N+](=O)[O-])c3)C(=O)OC(C)(C)C)ccnc12. The number of fused-ring (bicyclic) bond motifs is 1. The second-order valence-electron chi connectivity index (χ2n) is 8.29. The van der Waals surface area contributed by atoms with Crippen LogP contribution in [-0.4, -0.2) is 31.2 Å². The van der Waals surface area contributed by atoms with Crippen molar-refractivity contribution in [2.45, 2.75) is 52.7 Å². The molecule has 0 aliphatic rings. The van der Waals surface area contributed by atoms with E-state index in [1.165, 1.54) is 17.0 Å². The highest BCUT2D eigenvalue weighted by molar-refractivity contribution is 5.87. The number of nitro benzene ring substituents is 1. The van der Waals surface area contributed by atoms with Gasteiger partial charge in [-0.15, -0.1) is 0 Å². The van der Waals surface area contributed by atoms with Crippen molar-refractivity contribution in [1.82, 2.24) is 14.6 Å². The highest BCUT2D eigenvalue weighted by atomic mass is 16.6. The lowest BCUT2D eigenvalue weighted by Crippen LogP contribution is -2.37. The number of rotatable bonds is 5. The highest BCUT2D eigenvalue weighted by Crippen LogP contribution is 2.26. The third-order valence-corrected chi connectivity index (χ3v) is 4.38. The predicted octanol–water partition coefficient (Wildman–Crippen LogP) is 4.70. The maximum Gasteiger partial charge on any atom is 0.416 e. The van der Waals surface area contributed by atoms with Crippen LogP contribution in [0, 0.1) is 10.1 Å². The van der Waals surface area contributed by atoms with E-state index < -0.39 is 16.6 Å².